The zero-order valence-electron chi connectivity index (χ0n) is 6.92. The van der Waals surface area contributed by atoms with Gasteiger partial charge < -0.3 is 4.98 Å². The highest BCUT2D eigenvalue weighted by molar-refractivity contribution is 5.82. The highest BCUT2D eigenvalue weighted by Gasteiger charge is 2.24. The molecular formula is C9H12N2O. The van der Waals surface area contributed by atoms with Gasteiger partial charge in [-0.2, -0.15) is 0 Å². The monoisotopic (exact) mass is 164 g/mol. The maximum absolute atomic E-state index is 11.3. The van der Waals surface area contributed by atoms with E-state index in [0.717, 1.165) is 31.5 Å². The zero-order chi connectivity index (χ0) is 8.39. The van der Waals surface area contributed by atoms with Crippen LogP contribution in [-0.2, 0) is 11.2 Å². The van der Waals surface area contributed by atoms with Crippen molar-refractivity contribution in [3.63, 3.8) is 0 Å². The number of ketones is 1. The summed E-state index contributed by atoms with van der Waals surface area (Å²) in [6.45, 7) is 0. The Morgan fingerprint density at radius 3 is 3.17 bits per heavy atom. The van der Waals surface area contributed by atoms with Crippen molar-refractivity contribution in [2.24, 2.45) is 5.92 Å². The predicted octanol–water partition coefficient (Wildman–Crippen LogP) is 1.32. The summed E-state index contributed by atoms with van der Waals surface area (Å²) in [5.74, 6) is 1.58. The number of hydrogen-bond acceptors (Lipinski definition) is 2. The van der Waals surface area contributed by atoms with Crippen LogP contribution >= 0.6 is 0 Å². The Hall–Kier alpha value is -1.12. The number of nitrogens with zero attached hydrogens (tertiary/aromatic N) is 1. The van der Waals surface area contributed by atoms with E-state index in [2.05, 4.69) is 9.97 Å². The summed E-state index contributed by atoms with van der Waals surface area (Å²) in [7, 11) is 0. The van der Waals surface area contributed by atoms with Crippen LogP contribution in [0.5, 0.6) is 0 Å². The molecule has 1 aromatic heterocycles. The highest BCUT2D eigenvalue weighted by Crippen LogP contribution is 2.23. The van der Waals surface area contributed by atoms with Crippen LogP contribution in [-0.4, -0.2) is 15.8 Å². The first kappa shape index (κ1) is 7.53. The van der Waals surface area contributed by atoms with Crippen LogP contribution in [0.25, 0.3) is 0 Å². The van der Waals surface area contributed by atoms with E-state index in [1.165, 1.54) is 0 Å². The molecule has 1 aliphatic rings. The summed E-state index contributed by atoms with van der Waals surface area (Å²) in [5.41, 5.74) is 0. The van der Waals surface area contributed by atoms with Crippen molar-refractivity contribution in [2.75, 3.05) is 0 Å². The first-order valence-electron chi connectivity index (χ1n) is 4.37. The molecule has 0 saturated heterocycles. The molecule has 0 bridgehead atoms. The quantitative estimate of drug-likeness (QED) is 0.716. The van der Waals surface area contributed by atoms with E-state index in [-0.39, 0.29) is 5.92 Å². The number of imidazole rings is 1. The lowest BCUT2D eigenvalue weighted by molar-refractivity contribution is -0.120. The lowest BCUT2D eigenvalue weighted by Gasteiger charge is -2.03. The number of H-pyrrole nitrogens is 1. The third-order valence-corrected chi connectivity index (χ3v) is 2.43. The second kappa shape index (κ2) is 3.09. The summed E-state index contributed by atoms with van der Waals surface area (Å²) < 4.78 is 0. The van der Waals surface area contributed by atoms with Gasteiger partial charge >= 0.3 is 0 Å². The molecule has 1 aliphatic carbocycles. The van der Waals surface area contributed by atoms with Crippen molar-refractivity contribution in [3.05, 3.63) is 18.2 Å². The Kier molecular flexibility index (Phi) is 1.94. The maximum Gasteiger partial charge on any atom is 0.136 e. The molecule has 0 amide bonds. The Balaban J connectivity index is 1.99. The van der Waals surface area contributed by atoms with E-state index in [9.17, 15) is 4.79 Å². The van der Waals surface area contributed by atoms with Crippen LogP contribution in [0.1, 0.15) is 25.1 Å². The molecule has 1 N–H and O–H groups in total. The summed E-state index contributed by atoms with van der Waals surface area (Å²) in [4.78, 5) is 18.4. The van der Waals surface area contributed by atoms with Crippen molar-refractivity contribution >= 4 is 5.78 Å². The fourth-order valence-corrected chi connectivity index (χ4v) is 1.75. The molecule has 12 heavy (non-hydrogen) atoms. The zero-order valence-corrected chi connectivity index (χ0v) is 6.92. The molecule has 0 radical (unpaired) electrons. The fourth-order valence-electron chi connectivity index (χ4n) is 1.75. The Bertz CT molecular complexity index is 266. The second-order valence-corrected chi connectivity index (χ2v) is 3.30. The van der Waals surface area contributed by atoms with Gasteiger partial charge in [-0.25, -0.2) is 4.98 Å². The Morgan fingerprint density at radius 2 is 2.58 bits per heavy atom. The number of hydrogen-bond donors (Lipinski definition) is 1. The first-order valence-corrected chi connectivity index (χ1v) is 4.37. The van der Waals surface area contributed by atoms with Crippen LogP contribution in [0.3, 0.4) is 0 Å². The van der Waals surface area contributed by atoms with E-state index in [4.69, 9.17) is 0 Å². The molecule has 2 rings (SSSR count). The third-order valence-electron chi connectivity index (χ3n) is 2.43. The Morgan fingerprint density at radius 1 is 1.67 bits per heavy atom. The first-order chi connectivity index (χ1) is 5.86. The van der Waals surface area contributed by atoms with Gasteiger partial charge in [0.2, 0.25) is 0 Å². The summed E-state index contributed by atoms with van der Waals surface area (Å²) >= 11 is 0. The van der Waals surface area contributed by atoms with Gasteiger partial charge in [0.1, 0.15) is 11.6 Å². The minimum atomic E-state index is 0.233. The highest BCUT2D eigenvalue weighted by atomic mass is 16.1. The number of carbonyl (C=O) groups is 1. The van der Waals surface area contributed by atoms with Crippen LogP contribution in [0.2, 0.25) is 0 Å². The van der Waals surface area contributed by atoms with Crippen LogP contribution < -0.4 is 0 Å². The molecule has 1 aromatic rings. The minimum Gasteiger partial charge on any atom is -0.349 e. The minimum absolute atomic E-state index is 0.233. The predicted molar refractivity (Wildman–Crippen MR) is 44.6 cm³/mol. The lowest BCUT2D eigenvalue weighted by atomic mass is 10.0. The van der Waals surface area contributed by atoms with Gasteiger partial charge in [0.25, 0.3) is 0 Å². The summed E-state index contributed by atoms with van der Waals surface area (Å²) in [6.07, 6.45) is 7.20. The summed E-state index contributed by atoms with van der Waals surface area (Å²) in [6, 6.07) is 0. The average molecular weight is 164 g/mol. The van der Waals surface area contributed by atoms with Crippen molar-refractivity contribution in [2.45, 2.75) is 25.7 Å². The second-order valence-electron chi connectivity index (χ2n) is 3.30. The number of carbonyl (C=O) groups excluding carboxylic acids is 1. The molecule has 1 atom stereocenters. The number of rotatable bonds is 2. The van der Waals surface area contributed by atoms with E-state index < -0.39 is 0 Å². The molecule has 0 aliphatic heterocycles. The standard InChI is InChI=1S/C9H12N2O/c12-8-3-1-2-7(8)6-9-10-4-5-11-9/h4-5,7H,1-3,6H2,(H,10,11). The molecule has 1 fully saturated rings. The molecule has 1 unspecified atom stereocenters. The summed E-state index contributed by atoms with van der Waals surface area (Å²) in [5, 5.41) is 0. The third kappa shape index (κ3) is 1.40. The SMILES string of the molecule is O=C1CCCC1Cc1ncc[nH]1. The normalized spacial score (nSPS) is 23.3. The lowest BCUT2D eigenvalue weighted by Crippen LogP contribution is -2.10. The largest absolute Gasteiger partial charge is 0.349 e. The molecule has 1 heterocycles. The van der Waals surface area contributed by atoms with Crippen LogP contribution in [0.4, 0.5) is 0 Å². The number of Topliss-reactive ketones (excluding diaryl/α,β-unsaturated/α-hetero) is 1. The number of aromatic amines is 1. The Labute approximate surface area is 71.2 Å². The van der Waals surface area contributed by atoms with Gasteiger partial charge in [-0.1, -0.05) is 0 Å². The van der Waals surface area contributed by atoms with Crippen molar-refractivity contribution in [1.29, 1.82) is 0 Å². The molecular weight excluding hydrogens is 152 g/mol. The molecule has 0 aromatic carbocycles. The van der Waals surface area contributed by atoms with Crippen LogP contribution in [0, 0.1) is 5.92 Å². The molecule has 1 saturated carbocycles. The number of aromatic nitrogens is 2. The molecule has 3 heteroatoms. The average Bonchev–Trinajstić information content (AvgIpc) is 2.65. The smallest absolute Gasteiger partial charge is 0.136 e. The van der Waals surface area contributed by atoms with Gasteiger partial charge in [0.15, 0.2) is 0 Å². The van der Waals surface area contributed by atoms with Gasteiger partial charge in [-0.15, -0.1) is 0 Å². The van der Waals surface area contributed by atoms with Crippen molar-refractivity contribution in [3.8, 4) is 0 Å². The van der Waals surface area contributed by atoms with E-state index in [0.29, 0.717) is 5.78 Å². The fraction of sp³-hybridized carbons (Fsp3) is 0.556. The van der Waals surface area contributed by atoms with E-state index in [1.54, 1.807) is 12.4 Å². The van der Waals surface area contributed by atoms with Crippen LogP contribution in [0.15, 0.2) is 12.4 Å². The van der Waals surface area contributed by atoms with Gasteiger partial charge in [-0.3, -0.25) is 4.79 Å². The van der Waals surface area contributed by atoms with E-state index in [1.807, 2.05) is 0 Å². The van der Waals surface area contributed by atoms with Gasteiger partial charge in [0, 0.05) is 31.2 Å². The molecule has 0 spiro atoms. The topological polar surface area (TPSA) is 45.8 Å². The molecule has 64 valence electrons. The van der Waals surface area contributed by atoms with Crippen molar-refractivity contribution in [1.82, 2.24) is 9.97 Å². The van der Waals surface area contributed by atoms with Gasteiger partial charge in [-0.05, 0) is 12.8 Å². The van der Waals surface area contributed by atoms with Crippen molar-refractivity contribution < 1.29 is 4.79 Å². The molecule has 3 nitrogen and oxygen atoms in total. The maximum atomic E-state index is 11.3. The van der Waals surface area contributed by atoms with Gasteiger partial charge in [0.05, 0.1) is 0 Å². The number of nitrogens with one attached hydrogen (secondary N) is 1. The van der Waals surface area contributed by atoms with E-state index >= 15 is 0 Å².